The number of ether oxygens (including phenoxy) is 1. The molecule has 0 aliphatic carbocycles. The molecule has 1 aromatic rings. The second-order valence-corrected chi connectivity index (χ2v) is 3.20. The molecule has 2 nitrogen and oxygen atoms in total. The zero-order chi connectivity index (χ0) is 9.84. The Balaban J connectivity index is 2.94. The first-order chi connectivity index (χ1) is 6.11. The van der Waals surface area contributed by atoms with E-state index < -0.39 is 5.43 Å². The molecule has 0 amide bonds. The maximum Gasteiger partial charge on any atom is 0.409 e. The fourth-order valence-electron chi connectivity index (χ4n) is 1.05. The molecule has 1 rings (SSSR count). The number of hydrogen-bond acceptors (Lipinski definition) is 2. The third-order valence-electron chi connectivity index (χ3n) is 1.46. The summed E-state index contributed by atoms with van der Waals surface area (Å²) in [6.07, 6.45) is 0. The minimum absolute atomic E-state index is 0.383. The molecule has 0 radical (unpaired) electrons. The largest absolute Gasteiger partial charge is 0.414 e. The van der Waals surface area contributed by atoms with Crippen LogP contribution in [0, 0.1) is 6.92 Å². The fourth-order valence-corrected chi connectivity index (χ4v) is 1.30. The summed E-state index contributed by atoms with van der Waals surface area (Å²) in [4.78, 5) is 10.4. The van der Waals surface area contributed by atoms with Gasteiger partial charge in [-0.3, -0.25) is 0 Å². The van der Waals surface area contributed by atoms with E-state index in [4.69, 9.17) is 27.9 Å². The molecule has 4 heteroatoms. The molecule has 0 aliphatic rings. The Labute approximate surface area is 86.4 Å². The highest BCUT2D eigenvalue weighted by Crippen LogP contribution is 2.18. The molecule has 0 unspecified atom stereocenters. The summed E-state index contributed by atoms with van der Waals surface area (Å²) in [6, 6.07) is 5.31. The Morgan fingerprint density at radius 3 is 2.69 bits per heavy atom. The molecule has 0 aliphatic heterocycles. The van der Waals surface area contributed by atoms with Crippen LogP contribution in [0.15, 0.2) is 18.2 Å². The molecule has 0 atom stereocenters. The van der Waals surface area contributed by atoms with Crippen LogP contribution in [0.3, 0.4) is 0 Å². The van der Waals surface area contributed by atoms with Crippen LogP contribution in [-0.2, 0) is 5.88 Å². The normalized spacial score (nSPS) is 9.77. The molecular formula is C9H8Cl2O2. The Hall–Kier alpha value is -0.730. The molecule has 1 aromatic carbocycles. The van der Waals surface area contributed by atoms with Gasteiger partial charge in [0, 0.05) is 17.5 Å². The first kappa shape index (κ1) is 10.4. The number of carbonyl (C=O) groups excluding carboxylic acids is 1. The summed E-state index contributed by atoms with van der Waals surface area (Å²) in [5.74, 6) is 0.810. The number of aryl methyl sites for hydroxylation is 1. The number of hydrogen-bond donors (Lipinski definition) is 0. The second kappa shape index (κ2) is 4.49. The van der Waals surface area contributed by atoms with Crippen molar-refractivity contribution >= 4 is 28.6 Å². The van der Waals surface area contributed by atoms with Crippen LogP contribution in [0.2, 0.25) is 0 Å². The number of alkyl halides is 1. The van der Waals surface area contributed by atoms with Crippen molar-refractivity contribution in [2.24, 2.45) is 0 Å². The van der Waals surface area contributed by atoms with Gasteiger partial charge in [0.25, 0.3) is 0 Å². The molecule has 0 saturated heterocycles. The lowest BCUT2D eigenvalue weighted by molar-refractivity contribution is 0.225. The molecule has 0 saturated carbocycles. The Bertz CT molecular complexity index is 323. The van der Waals surface area contributed by atoms with Crippen molar-refractivity contribution in [3.05, 3.63) is 29.3 Å². The predicted octanol–water partition coefficient (Wildman–Crippen LogP) is 3.47. The van der Waals surface area contributed by atoms with Crippen molar-refractivity contribution in [1.82, 2.24) is 0 Å². The topological polar surface area (TPSA) is 26.3 Å². The van der Waals surface area contributed by atoms with Gasteiger partial charge in [0.1, 0.15) is 5.75 Å². The summed E-state index contributed by atoms with van der Waals surface area (Å²) in [6.45, 7) is 1.89. The average molecular weight is 219 g/mol. The van der Waals surface area contributed by atoms with Gasteiger partial charge < -0.3 is 4.74 Å². The number of halogens is 2. The quantitative estimate of drug-likeness (QED) is 0.562. The number of carbonyl (C=O) groups is 1. The van der Waals surface area contributed by atoms with E-state index in [1.807, 2.05) is 13.0 Å². The van der Waals surface area contributed by atoms with Crippen molar-refractivity contribution in [2.45, 2.75) is 12.8 Å². The van der Waals surface area contributed by atoms with Crippen LogP contribution < -0.4 is 4.74 Å². The van der Waals surface area contributed by atoms with Gasteiger partial charge in [0.05, 0.1) is 0 Å². The lowest BCUT2D eigenvalue weighted by Gasteiger charge is -2.03. The third kappa shape index (κ3) is 3.25. The van der Waals surface area contributed by atoms with Gasteiger partial charge in [-0.05, 0) is 30.2 Å². The molecule has 0 fully saturated rings. The minimum Gasteiger partial charge on any atom is -0.414 e. The number of benzene rings is 1. The summed E-state index contributed by atoms with van der Waals surface area (Å²) in [7, 11) is 0. The van der Waals surface area contributed by atoms with Crippen molar-refractivity contribution in [2.75, 3.05) is 0 Å². The van der Waals surface area contributed by atoms with Crippen molar-refractivity contribution < 1.29 is 9.53 Å². The van der Waals surface area contributed by atoms with E-state index in [0.29, 0.717) is 11.6 Å². The van der Waals surface area contributed by atoms with Gasteiger partial charge in [-0.2, -0.15) is 0 Å². The van der Waals surface area contributed by atoms with Crippen LogP contribution in [0.1, 0.15) is 11.1 Å². The van der Waals surface area contributed by atoms with Gasteiger partial charge in [-0.1, -0.05) is 6.07 Å². The highest BCUT2D eigenvalue weighted by Gasteiger charge is 2.02. The van der Waals surface area contributed by atoms with Crippen LogP contribution in [0.5, 0.6) is 5.75 Å². The van der Waals surface area contributed by atoms with E-state index >= 15 is 0 Å². The molecule has 70 valence electrons. The zero-order valence-electron chi connectivity index (χ0n) is 7.01. The van der Waals surface area contributed by atoms with Gasteiger partial charge in [0.2, 0.25) is 0 Å². The lowest BCUT2D eigenvalue weighted by Crippen LogP contribution is -1.97. The van der Waals surface area contributed by atoms with Crippen LogP contribution in [-0.4, -0.2) is 5.43 Å². The Morgan fingerprint density at radius 1 is 1.46 bits per heavy atom. The molecule has 0 N–H and O–H groups in total. The van der Waals surface area contributed by atoms with E-state index in [1.54, 1.807) is 12.1 Å². The molecule has 0 heterocycles. The summed E-state index contributed by atoms with van der Waals surface area (Å²) in [5.41, 5.74) is 1.03. The SMILES string of the molecule is Cc1cc(CCl)cc(OC(=O)Cl)c1. The predicted molar refractivity (Wildman–Crippen MR) is 52.6 cm³/mol. The maximum absolute atomic E-state index is 10.4. The van der Waals surface area contributed by atoms with E-state index in [-0.39, 0.29) is 0 Å². The monoisotopic (exact) mass is 218 g/mol. The zero-order valence-corrected chi connectivity index (χ0v) is 8.52. The van der Waals surface area contributed by atoms with E-state index in [2.05, 4.69) is 0 Å². The summed E-state index contributed by atoms with van der Waals surface area (Å²) >= 11 is 10.7. The van der Waals surface area contributed by atoms with E-state index in [0.717, 1.165) is 11.1 Å². The van der Waals surface area contributed by atoms with Gasteiger partial charge >= 0.3 is 5.43 Å². The lowest BCUT2D eigenvalue weighted by atomic mass is 10.1. The molecule has 0 bridgehead atoms. The van der Waals surface area contributed by atoms with Crippen molar-refractivity contribution in [3.63, 3.8) is 0 Å². The highest BCUT2D eigenvalue weighted by atomic mass is 35.5. The van der Waals surface area contributed by atoms with E-state index in [1.165, 1.54) is 0 Å². The van der Waals surface area contributed by atoms with Crippen LogP contribution >= 0.6 is 23.2 Å². The Morgan fingerprint density at radius 2 is 2.15 bits per heavy atom. The second-order valence-electron chi connectivity index (χ2n) is 2.63. The van der Waals surface area contributed by atoms with Crippen LogP contribution in [0.4, 0.5) is 4.79 Å². The fraction of sp³-hybridized carbons (Fsp3) is 0.222. The van der Waals surface area contributed by atoms with E-state index in [9.17, 15) is 4.79 Å². The third-order valence-corrected chi connectivity index (χ3v) is 1.85. The minimum atomic E-state index is -0.842. The molecule has 0 spiro atoms. The van der Waals surface area contributed by atoms with Crippen molar-refractivity contribution in [1.29, 1.82) is 0 Å². The van der Waals surface area contributed by atoms with Gasteiger partial charge in [0.15, 0.2) is 0 Å². The number of rotatable bonds is 2. The van der Waals surface area contributed by atoms with Crippen LogP contribution in [0.25, 0.3) is 0 Å². The standard InChI is InChI=1S/C9H8Cl2O2/c1-6-2-7(5-10)4-8(3-6)13-9(11)12/h2-4H,5H2,1H3. The smallest absolute Gasteiger partial charge is 0.409 e. The average Bonchev–Trinajstić information content (AvgIpc) is 2.01. The Kier molecular flexibility index (Phi) is 3.58. The van der Waals surface area contributed by atoms with Gasteiger partial charge in [-0.15, -0.1) is 11.6 Å². The molecule has 13 heavy (non-hydrogen) atoms. The first-order valence-corrected chi connectivity index (χ1v) is 4.57. The molecular weight excluding hydrogens is 211 g/mol. The van der Waals surface area contributed by atoms with Crippen molar-refractivity contribution in [3.8, 4) is 5.75 Å². The summed E-state index contributed by atoms with van der Waals surface area (Å²) in [5, 5.41) is 0. The summed E-state index contributed by atoms with van der Waals surface area (Å²) < 4.78 is 4.71. The first-order valence-electron chi connectivity index (χ1n) is 3.65. The van der Waals surface area contributed by atoms with Gasteiger partial charge in [-0.25, -0.2) is 4.79 Å². The maximum atomic E-state index is 10.4. The highest BCUT2D eigenvalue weighted by molar-refractivity contribution is 6.61. The molecule has 0 aromatic heterocycles.